The van der Waals surface area contributed by atoms with Crippen molar-refractivity contribution in [2.75, 3.05) is 17.7 Å². The van der Waals surface area contributed by atoms with Crippen molar-refractivity contribution in [1.82, 2.24) is 4.98 Å². The van der Waals surface area contributed by atoms with Gasteiger partial charge in [-0.1, -0.05) is 29.3 Å². The molecule has 10 heteroatoms. The first-order valence-electron chi connectivity index (χ1n) is 9.88. The Balaban J connectivity index is 1.76. The normalized spacial score (nSPS) is 11.2. The summed E-state index contributed by atoms with van der Waals surface area (Å²) in [5.41, 5.74) is 1.85. The number of amides is 1. The number of aliphatic hydroxyl groups is 1. The molecule has 0 aliphatic carbocycles. The maximum atomic E-state index is 12.8. The highest BCUT2D eigenvalue weighted by atomic mass is 35.5. The molecule has 0 saturated heterocycles. The minimum absolute atomic E-state index is 0.0288. The Morgan fingerprint density at radius 3 is 2.45 bits per heavy atom. The van der Waals surface area contributed by atoms with Crippen LogP contribution >= 0.6 is 23.2 Å². The lowest BCUT2D eigenvalue weighted by Crippen LogP contribution is -2.14. The van der Waals surface area contributed by atoms with E-state index in [1.165, 1.54) is 18.2 Å². The van der Waals surface area contributed by atoms with Crippen molar-refractivity contribution < 1.29 is 23.1 Å². The zero-order valence-electron chi connectivity index (χ0n) is 17.3. The van der Waals surface area contributed by atoms with E-state index < -0.39 is 28.1 Å². The number of nitrogens with one attached hydrogen (secondary N) is 1. The minimum atomic E-state index is -3.70. The number of hydrogen-bond donors (Lipinski definition) is 2. The summed E-state index contributed by atoms with van der Waals surface area (Å²) in [6.07, 6.45) is 1.68. The zero-order chi connectivity index (χ0) is 24.0. The van der Waals surface area contributed by atoms with Crippen LogP contribution in [0.2, 0.25) is 10.0 Å². The van der Waals surface area contributed by atoms with E-state index in [9.17, 15) is 18.0 Å². The molecule has 2 N–H and O–H groups in total. The predicted octanol–water partition coefficient (Wildman–Crippen LogP) is 4.42. The van der Waals surface area contributed by atoms with Gasteiger partial charge in [-0.2, -0.15) is 0 Å². The molecule has 1 amide bonds. The maximum absolute atomic E-state index is 12.8. The molecule has 172 valence electrons. The standard InChI is InChI=1S/C23H20Cl2N2O5S/c24-20-9-6-15(12-19(20)22-5-1-2-10-26-22)27-23(30)18-8-7-17(13-21(18)25)33(31,32)11-3-4-16(29)14-28/h1-2,5-10,12-13,28H,3-4,11,14H2,(H,27,30). The van der Waals surface area contributed by atoms with Crippen LogP contribution in [-0.4, -0.2) is 42.6 Å². The smallest absolute Gasteiger partial charge is 0.257 e. The molecule has 0 saturated carbocycles. The van der Waals surface area contributed by atoms with Gasteiger partial charge in [0.25, 0.3) is 5.91 Å². The molecule has 0 unspecified atom stereocenters. The number of rotatable bonds is 9. The lowest BCUT2D eigenvalue weighted by atomic mass is 10.1. The molecule has 0 atom stereocenters. The van der Waals surface area contributed by atoms with Crippen LogP contribution in [0, 0.1) is 0 Å². The third kappa shape index (κ3) is 6.39. The Morgan fingerprint density at radius 2 is 1.79 bits per heavy atom. The summed E-state index contributed by atoms with van der Waals surface area (Å²) in [6.45, 7) is -0.618. The van der Waals surface area contributed by atoms with Crippen LogP contribution in [0.25, 0.3) is 11.3 Å². The van der Waals surface area contributed by atoms with Crippen molar-refractivity contribution in [3.8, 4) is 11.3 Å². The van der Waals surface area contributed by atoms with E-state index >= 15 is 0 Å². The Labute approximate surface area is 201 Å². The van der Waals surface area contributed by atoms with Gasteiger partial charge in [0.15, 0.2) is 15.6 Å². The average molecular weight is 507 g/mol. The average Bonchev–Trinajstić information content (AvgIpc) is 2.80. The summed E-state index contributed by atoms with van der Waals surface area (Å²) >= 11 is 12.5. The lowest BCUT2D eigenvalue weighted by Gasteiger charge is -2.11. The van der Waals surface area contributed by atoms with Crippen molar-refractivity contribution in [3.63, 3.8) is 0 Å². The fourth-order valence-corrected chi connectivity index (χ4v) is 4.93. The molecule has 0 aliphatic heterocycles. The van der Waals surface area contributed by atoms with Crippen molar-refractivity contribution in [1.29, 1.82) is 0 Å². The summed E-state index contributed by atoms with van der Waals surface area (Å²) in [5.74, 6) is -1.22. The zero-order valence-corrected chi connectivity index (χ0v) is 19.6. The van der Waals surface area contributed by atoms with E-state index in [1.54, 1.807) is 36.5 Å². The Bertz CT molecular complexity index is 1280. The number of carbonyl (C=O) groups excluding carboxylic acids is 2. The van der Waals surface area contributed by atoms with Gasteiger partial charge in [-0.05, 0) is 55.0 Å². The van der Waals surface area contributed by atoms with Crippen LogP contribution in [-0.2, 0) is 14.6 Å². The number of aromatic nitrogens is 1. The number of Topliss-reactive ketones (excluding diaryl/α,β-unsaturated/α-hetero) is 1. The molecule has 0 spiro atoms. The predicted molar refractivity (Wildman–Crippen MR) is 127 cm³/mol. The fourth-order valence-electron chi connectivity index (χ4n) is 3.05. The van der Waals surface area contributed by atoms with Gasteiger partial charge in [0.2, 0.25) is 0 Å². The number of benzene rings is 2. The molecule has 0 bridgehead atoms. The molecular formula is C23H20Cl2N2O5S. The molecule has 3 rings (SSSR count). The van der Waals surface area contributed by atoms with Gasteiger partial charge in [-0.25, -0.2) is 8.42 Å². The third-order valence-electron chi connectivity index (χ3n) is 4.75. The number of hydrogen-bond acceptors (Lipinski definition) is 6. The van der Waals surface area contributed by atoms with Crippen LogP contribution in [0.5, 0.6) is 0 Å². The van der Waals surface area contributed by atoms with Crippen LogP contribution < -0.4 is 5.32 Å². The van der Waals surface area contributed by atoms with Gasteiger partial charge in [0.1, 0.15) is 6.61 Å². The fraction of sp³-hybridized carbons (Fsp3) is 0.174. The summed E-state index contributed by atoms with van der Waals surface area (Å²) in [4.78, 5) is 28.1. The van der Waals surface area contributed by atoms with Crippen LogP contribution in [0.4, 0.5) is 5.69 Å². The first kappa shape index (κ1) is 24.9. The van der Waals surface area contributed by atoms with Gasteiger partial charge in [-0.15, -0.1) is 0 Å². The minimum Gasteiger partial charge on any atom is -0.389 e. The number of aliphatic hydroxyl groups excluding tert-OH is 1. The quantitative estimate of drug-likeness (QED) is 0.443. The second-order valence-electron chi connectivity index (χ2n) is 7.12. The molecule has 2 aromatic carbocycles. The number of anilines is 1. The van der Waals surface area contributed by atoms with Crippen LogP contribution in [0.3, 0.4) is 0 Å². The van der Waals surface area contributed by atoms with Crippen LogP contribution in [0.1, 0.15) is 23.2 Å². The van der Waals surface area contributed by atoms with Gasteiger partial charge in [0.05, 0.1) is 32.0 Å². The summed E-state index contributed by atoms with van der Waals surface area (Å²) in [6, 6.07) is 14.2. The topological polar surface area (TPSA) is 113 Å². The molecule has 7 nitrogen and oxygen atoms in total. The highest BCUT2D eigenvalue weighted by Gasteiger charge is 2.19. The number of ketones is 1. The Hall–Kier alpha value is -2.78. The first-order chi connectivity index (χ1) is 15.7. The number of pyridine rings is 1. The molecule has 33 heavy (non-hydrogen) atoms. The van der Waals surface area contributed by atoms with Crippen molar-refractivity contribution in [2.45, 2.75) is 17.7 Å². The van der Waals surface area contributed by atoms with Crippen molar-refractivity contribution in [2.24, 2.45) is 0 Å². The summed E-state index contributed by atoms with van der Waals surface area (Å²) < 4.78 is 25.0. The van der Waals surface area contributed by atoms with Gasteiger partial charge in [-0.3, -0.25) is 14.6 Å². The van der Waals surface area contributed by atoms with E-state index in [1.807, 2.05) is 6.07 Å². The monoisotopic (exact) mass is 506 g/mol. The molecule has 1 aromatic heterocycles. The molecular weight excluding hydrogens is 487 g/mol. The number of carbonyl (C=O) groups is 2. The van der Waals surface area contributed by atoms with Crippen molar-refractivity contribution in [3.05, 3.63) is 76.4 Å². The Kier molecular flexibility index (Phi) is 8.20. The van der Waals surface area contributed by atoms with Gasteiger partial charge >= 0.3 is 0 Å². The van der Waals surface area contributed by atoms with Gasteiger partial charge < -0.3 is 10.4 Å². The number of nitrogens with zero attached hydrogens (tertiary/aromatic N) is 1. The van der Waals surface area contributed by atoms with E-state index in [2.05, 4.69) is 10.3 Å². The highest BCUT2D eigenvalue weighted by Crippen LogP contribution is 2.30. The van der Waals surface area contributed by atoms with E-state index in [-0.39, 0.29) is 34.1 Å². The lowest BCUT2D eigenvalue weighted by molar-refractivity contribution is -0.121. The number of halogens is 2. The van der Waals surface area contributed by atoms with Crippen molar-refractivity contribution >= 4 is 50.4 Å². The second-order valence-corrected chi connectivity index (χ2v) is 10.0. The highest BCUT2D eigenvalue weighted by molar-refractivity contribution is 7.91. The first-order valence-corrected chi connectivity index (χ1v) is 12.3. The largest absolute Gasteiger partial charge is 0.389 e. The maximum Gasteiger partial charge on any atom is 0.257 e. The molecule has 3 aromatic rings. The Morgan fingerprint density at radius 1 is 1.00 bits per heavy atom. The molecule has 1 heterocycles. The SMILES string of the molecule is O=C(CO)CCCS(=O)(=O)c1ccc(C(=O)Nc2ccc(Cl)c(-c3ccccn3)c2)c(Cl)c1. The van der Waals surface area contributed by atoms with Crippen LogP contribution in [0.15, 0.2) is 65.7 Å². The third-order valence-corrected chi connectivity index (χ3v) is 7.20. The summed E-state index contributed by atoms with van der Waals surface area (Å²) in [7, 11) is -3.70. The molecule has 0 fully saturated rings. The second kappa shape index (κ2) is 10.9. The van der Waals surface area contributed by atoms with E-state index in [0.29, 0.717) is 22.0 Å². The van der Waals surface area contributed by atoms with E-state index in [0.717, 1.165) is 0 Å². The van der Waals surface area contributed by atoms with Gasteiger partial charge in [0, 0.05) is 23.9 Å². The van der Waals surface area contributed by atoms with E-state index in [4.69, 9.17) is 28.3 Å². The molecule has 0 radical (unpaired) electrons. The molecule has 0 aliphatic rings. The summed E-state index contributed by atoms with van der Waals surface area (Å²) in [5, 5.41) is 11.9. The number of sulfone groups is 1.